The number of nitrogens with zero attached hydrogens (tertiary/aromatic N) is 4. The SMILES string of the molecule is CN(C[C@@H]1CCCN1c1cccnn1)C[C@@](C)(O)c1ccccc1. The van der Waals surface area contributed by atoms with Crippen molar-refractivity contribution in [3.8, 4) is 0 Å². The quantitative estimate of drug-likeness (QED) is 0.883. The summed E-state index contributed by atoms with van der Waals surface area (Å²) in [6, 6.07) is 14.2. The van der Waals surface area contributed by atoms with Crippen molar-refractivity contribution in [1.29, 1.82) is 0 Å². The zero-order chi connectivity index (χ0) is 17.0. The Morgan fingerprint density at radius 1 is 1.25 bits per heavy atom. The monoisotopic (exact) mass is 326 g/mol. The molecule has 1 aliphatic rings. The van der Waals surface area contributed by atoms with Crippen molar-refractivity contribution in [3.05, 3.63) is 54.2 Å². The van der Waals surface area contributed by atoms with Gasteiger partial charge in [0, 0.05) is 31.9 Å². The molecule has 2 heterocycles. The largest absolute Gasteiger partial charge is 0.384 e. The number of anilines is 1. The number of hydrogen-bond acceptors (Lipinski definition) is 5. The summed E-state index contributed by atoms with van der Waals surface area (Å²) in [5, 5.41) is 19.1. The van der Waals surface area contributed by atoms with Crippen molar-refractivity contribution < 1.29 is 5.11 Å². The lowest BCUT2D eigenvalue weighted by Crippen LogP contribution is -2.44. The van der Waals surface area contributed by atoms with Crippen LogP contribution < -0.4 is 4.90 Å². The van der Waals surface area contributed by atoms with Gasteiger partial charge in [-0.1, -0.05) is 30.3 Å². The summed E-state index contributed by atoms with van der Waals surface area (Å²) in [5.41, 5.74) is 0.0977. The minimum atomic E-state index is -0.855. The van der Waals surface area contributed by atoms with E-state index in [1.54, 1.807) is 6.20 Å². The first kappa shape index (κ1) is 16.9. The molecule has 5 nitrogen and oxygen atoms in total. The molecule has 0 saturated carbocycles. The van der Waals surface area contributed by atoms with E-state index in [4.69, 9.17) is 0 Å². The Bertz CT molecular complexity index is 632. The fourth-order valence-corrected chi connectivity index (χ4v) is 3.61. The van der Waals surface area contributed by atoms with Crippen LogP contribution in [0.2, 0.25) is 0 Å². The van der Waals surface area contributed by atoms with E-state index < -0.39 is 5.60 Å². The molecule has 1 aromatic heterocycles. The molecule has 1 aromatic carbocycles. The fraction of sp³-hybridized carbons (Fsp3) is 0.474. The molecule has 1 N–H and O–H groups in total. The molecule has 0 radical (unpaired) electrons. The second-order valence-electron chi connectivity index (χ2n) is 6.91. The molecule has 1 aliphatic heterocycles. The van der Waals surface area contributed by atoms with E-state index in [9.17, 15) is 5.11 Å². The van der Waals surface area contributed by atoms with E-state index in [1.807, 2.05) is 49.4 Å². The minimum absolute atomic E-state index is 0.415. The molecular formula is C19H26N4O. The van der Waals surface area contributed by atoms with Gasteiger partial charge in [-0.15, -0.1) is 5.10 Å². The first-order valence-corrected chi connectivity index (χ1v) is 8.57. The van der Waals surface area contributed by atoms with Crippen molar-refractivity contribution in [2.45, 2.75) is 31.4 Å². The van der Waals surface area contributed by atoms with E-state index in [0.717, 1.165) is 30.9 Å². The number of hydrogen-bond donors (Lipinski definition) is 1. The summed E-state index contributed by atoms with van der Waals surface area (Å²) >= 11 is 0. The van der Waals surface area contributed by atoms with Crippen LogP contribution in [0.4, 0.5) is 5.82 Å². The maximum Gasteiger partial charge on any atom is 0.151 e. The summed E-state index contributed by atoms with van der Waals surface area (Å²) in [5.74, 6) is 0.947. The second-order valence-corrected chi connectivity index (χ2v) is 6.91. The average Bonchev–Trinajstić information content (AvgIpc) is 3.04. The highest BCUT2D eigenvalue weighted by Crippen LogP contribution is 2.25. The van der Waals surface area contributed by atoms with Gasteiger partial charge < -0.3 is 14.9 Å². The van der Waals surface area contributed by atoms with Crippen molar-refractivity contribution in [2.75, 3.05) is 31.6 Å². The normalized spacial score (nSPS) is 20.3. The van der Waals surface area contributed by atoms with Gasteiger partial charge >= 0.3 is 0 Å². The van der Waals surface area contributed by atoms with Crippen LogP contribution in [0.25, 0.3) is 0 Å². The van der Waals surface area contributed by atoms with Crippen LogP contribution in [0.1, 0.15) is 25.3 Å². The molecule has 2 atom stereocenters. The molecule has 0 unspecified atom stereocenters. The van der Waals surface area contributed by atoms with Crippen molar-refractivity contribution in [3.63, 3.8) is 0 Å². The third-order valence-corrected chi connectivity index (χ3v) is 4.73. The Hall–Kier alpha value is -1.98. The molecule has 1 saturated heterocycles. The third-order valence-electron chi connectivity index (χ3n) is 4.73. The van der Waals surface area contributed by atoms with E-state index in [1.165, 1.54) is 6.42 Å². The Morgan fingerprint density at radius 3 is 2.75 bits per heavy atom. The van der Waals surface area contributed by atoms with Gasteiger partial charge in [0.25, 0.3) is 0 Å². The number of likely N-dealkylation sites (N-methyl/N-ethyl adjacent to an activating group) is 1. The van der Waals surface area contributed by atoms with Gasteiger partial charge in [0.2, 0.25) is 0 Å². The van der Waals surface area contributed by atoms with Crippen LogP contribution in [-0.4, -0.2) is 52.9 Å². The molecule has 128 valence electrons. The van der Waals surface area contributed by atoms with Crippen molar-refractivity contribution in [2.24, 2.45) is 0 Å². The summed E-state index contributed by atoms with van der Waals surface area (Å²) in [6.45, 7) is 4.40. The van der Waals surface area contributed by atoms with Gasteiger partial charge in [0.05, 0.1) is 5.60 Å². The first-order chi connectivity index (χ1) is 11.6. The average molecular weight is 326 g/mol. The molecule has 1 fully saturated rings. The van der Waals surface area contributed by atoms with E-state index in [-0.39, 0.29) is 0 Å². The van der Waals surface area contributed by atoms with Crippen LogP contribution in [0.5, 0.6) is 0 Å². The van der Waals surface area contributed by atoms with Crippen LogP contribution >= 0.6 is 0 Å². The van der Waals surface area contributed by atoms with Gasteiger partial charge in [-0.05, 0) is 44.5 Å². The number of aliphatic hydroxyl groups is 1. The van der Waals surface area contributed by atoms with Gasteiger partial charge in [0.1, 0.15) is 0 Å². The maximum atomic E-state index is 10.8. The van der Waals surface area contributed by atoms with Gasteiger partial charge in [0.15, 0.2) is 5.82 Å². The van der Waals surface area contributed by atoms with E-state index >= 15 is 0 Å². The van der Waals surface area contributed by atoms with Gasteiger partial charge in [-0.3, -0.25) is 0 Å². The molecular weight excluding hydrogens is 300 g/mol. The lowest BCUT2D eigenvalue weighted by molar-refractivity contribution is 0.0222. The van der Waals surface area contributed by atoms with Crippen LogP contribution in [-0.2, 0) is 5.60 Å². The lowest BCUT2D eigenvalue weighted by atomic mass is 9.95. The zero-order valence-corrected chi connectivity index (χ0v) is 14.5. The summed E-state index contributed by atoms with van der Waals surface area (Å²) in [4.78, 5) is 4.55. The predicted molar refractivity (Wildman–Crippen MR) is 95.9 cm³/mol. The zero-order valence-electron chi connectivity index (χ0n) is 14.5. The Kier molecular flexibility index (Phi) is 5.11. The van der Waals surface area contributed by atoms with Crippen molar-refractivity contribution in [1.82, 2.24) is 15.1 Å². The second kappa shape index (κ2) is 7.28. The van der Waals surface area contributed by atoms with Gasteiger partial charge in [-0.2, -0.15) is 5.10 Å². The number of rotatable bonds is 6. The van der Waals surface area contributed by atoms with Crippen LogP contribution in [0.3, 0.4) is 0 Å². The number of benzene rings is 1. The highest BCUT2D eigenvalue weighted by molar-refractivity contribution is 5.39. The highest BCUT2D eigenvalue weighted by Gasteiger charge is 2.30. The predicted octanol–water partition coefficient (Wildman–Crippen LogP) is 2.28. The molecule has 2 aromatic rings. The minimum Gasteiger partial charge on any atom is -0.384 e. The van der Waals surface area contributed by atoms with E-state index in [0.29, 0.717) is 12.6 Å². The summed E-state index contributed by atoms with van der Waals surface area (Å²) in [7, 11) is 2.07. The lowest BCUT2D eigenvalue weighted by Gasteiger charge is -2.33. The van der Waals surface area contributed by atoms with Gasteiger partial charge in [-0.25, -0.2) is 0 Å². The molecule has 0 spiro atoms. The Labute approximate surface area is 143 Å². The fourth-order valence-electron chi connectivity index (χ4n) is 3.61. The molecule has 24 heavy (non-hydrogen) atoms. The Morgan fingerprint density at radius 2 is 2.04 bits per heavy atom. The third kappa shape index (κ3) is 3.91. The summed E-state index contributed by atoms with van der Waals surface area (Å²) in [6.07, 6.45) is 4.02. The number of aromatic nitrogens is 2. The molecule has 0 bridgehead atoms. The molecule has 0 aliphatic carbocycles. The molecule has 5 heteroatoms. The first-order valence-electron chi connectivity index (χ1n) is 8.57. The highest BCUT2D eigenvalue weighted by atomic mass is 16.3. The van der Waals surface area contributed by atoms with Crippen LogP contribution in [0.15, 0.2) is 48.7 Å². The topological polar surface area (TPSA) is 52.5 Å². The molecule has 3 rings (SSSR count). The van der Waals surface area contributed by atoms with Crippen LogP contribution in [0, 0.1) is 0 Å². The van der Waals surface area contributed by atoms with E-state index in [2.05, 4.69) is 27.0 Å². The Balaban J connectivity index is 1.63. The summed E-state index contributed by atoms with van der Waals surface area (Å²) < 4.78 is 0. The maximum absolute atomic E-state index is 10.8. The standard InChI is InChI=1S/C19H26N4O/c1-19(24,16-8-4-3-5-9-16)15-22(2)14-17-10-7-13-23(17)18-11-6-12-20-21-18/h3-6,8-9,11-12,17,24H,7,10,13-15H2,1-2H3/t17-,19+/m0/s1. The molecule has 0 amide bonds. The smallest absolute Gasteiger partial charge is 0.151 e. The van der Waals surface area contributed by atoms with Crippen molar-refractivity contribution >= 4 is 5.82 Å².